The van der Waals surface area contributed by atoms with Crippen LogP contribution in [0.5, 0.6) is 5.75 Å². The fourth-order valence-electron chi connectivity index (χ4n) is 2.77. The van der Waals surface area contributed by atoms with Gasteiger partial charge in [0, 0.05) is 7.05 Å². The van der Waals surface area contributed by atoms with Crippen LogP contribution in [-0.2, 0) is 0 Å². The first-order valence-electron chi connectivity index (χ1n) is 8.15. The Hall–Kier alpha value is -3.68. The van der Waals surface area contributed by atoms with Gasteiger partial charge in [0.15, 0.2) is 0 Å². The van der Waals surface area contributed by atoms with Crippen molar-refractivity contribution in [3.05, 3.63) is 87.2 Å². The average molecular weight is 367 g/mol. The number of amides is 2. The molecular formula is C19H17N3O5. The lowest BCUT2D eigenvalue weighted by Gasteiger charge is -2.29. The molecule has 0 bridgehead atoms. The highest BCUT2D eigenvalue weighted by Crippen LogP contribution is 2.30. The van der Waals surface area contributed by atoms with Crippen LogP contribution in [0.25, 0.3) is 0 Å². The van der Waals surface area contributed by atoms with Crippen LogP contribution in [0, 0.1) is 10.1 Å². The summed E-state index contributed by atoms with van der Waals surface area (Å²) < 4.78 is 5.30. The highest BCUT2D eigenvalue weighted by atomic mass is 16.6. The van der Waals surface area contributed by atoms with Crippen molar-refractivity contribution >= 4 is 12.0 Å². The van der Waals surface area contributed by atoms with Gasteiger partial charge >= 0.3 is 12.0 Å². The SMILES string of the molecule is CC1=C([N+](=O)[O-])C(c2ccc(OC(=O)c3ccccc3)cc2)NC(=O)N1C. The van der Waals surface area contributed by atoms with E-state index in [-0.39, 0.29) is 11.4 Å². The fraction of sp³-hybridized carbons (Fsp3) is 0.158. The summed E-state index contributed by atoms with van der Waals surface area (Å²) in [5, 5.41) is 14.1. The maximum absolute atomic E-state index is 12.1. The van der Waals surface area contributed by atoms with Crippen molar-refractivity contribution in [2.45, 2.75) is 13.0 Å². The largest absolute Gasteiger partial charge is 0.423 e. The monoisotopic (exact) mass is 367 g/mol. The summed E-state index contributed by atoms with van der Waals surface area (Å²) in [6.45, 7) is 1.53. The van der Waals surface area contributed by atoms with Gasteiger partial charge in [0.2, 0.25) is 0 Å². The maximum atomic E-state index is 12.1. The zero-order chi connectivity index (χ0) is 19.6. The number of esters is 1. The first-order valence-corrected chi connectivity index (χ1v) is 8.15. The van der Waals surface area contributed by atoms with Crippen molar-refractivity contribution in [3.63, 3.8) is 0 Å². The van der Waals surface area contributed by atoms with Crippen LogP contribution < -0.4 is 10.1 Å². The lowest BCUT2D eigenvalue weighted by atomic mass is 10.0. The third-order valence-electron chi connectivity index (χ3n) is 4.35. The highest BCUT2D eigenvalue weighted by Gasteiger charge is 2.38. The number of benzene rings is 2. The minimum Gasteiger partial charge on any atom is -0.423 e. The molecule has 1 N–H and O–H groups in total. The van der Waals surface area contributed by atoms with E-state index in [9.17, 15) is 19.7 Å². The van der Waals surface area contributed by atoms with Gasteiger partial charge in [-0.3, -0.25) is 15.0 Å². The van der Waals surface area contributed by atoms with Gasteiger partial charge < -0.3 is 10.1 Å². The van der Waals surface area contributed by atoms with Crippen LogP contribution in [0.4, 0.5) is 4.79 Å². The Bertz CT molecular complexity index is 922. The quantitative estimate of drug-likeness (QED) is 0.387. The van der Waals surface area contributed by atoms with E-state index < -0.39 is 23.0 Å². The molecule has 0 saturated heterocycles. The number of allylic oxidation sites excluding steroid dienone is 1. The van der Waals surface area contributed by atoms with E-state index in [1.807, 2.05) is 0 Å². The molecule has 0 saturated carbocycles. The first kappa shape index (κ1) is 18.1. The zero-order valence-corrected chi connectivity index (χ0v) is 14.7. The van der Waals surface area contributed by atoms with Gasteiger partial charge in [0.05, 0.1) is 16.2 Å². The molecule has 3 rings (SSSR count). The van der Waals surface area contributed by atoms with Crippen molar-refractivity contribution in [2.24, 2.45) is 0 Å². The standard InChI is InChI=1S/C19H17N3O5/c1-12-17(22(25)26)16(20-19(24)21(12)2)13-8-10-15(11-9-13)27-18(23)14-6-4-3-5-7-14/h3-11,16H,1-2H3,(H,20,24). The van der Waals surface area contributed by atoms with Crippen LogP contribution in [0.3, 0.4) is 0 Å². The molecule has 0 aliphatic carbocycles. The van der Waals surface area contributed by atoms with Crippen LogP contribution in [0.2, 0.25) is 0 Å². The maximum Gasteiger partial charge on any atom is 0.343 e. The molecule has 27 heavy (non-hydrogen) atoms. The molecule has 1 unspecified atom stereocenters. The Morgan fingerprint density at radius 3 is 2.37 bits per heavy atom. The first-order chi connectivity index (χ1) is 12.9. The Morgan fingerprint density at radius 1 is 1.15 bits per heavy atom. The number of nitrogens with one attached hydrogen (secondary N) is 1. The Morgan fingerprint density at radius 2 is 1.78 bits per heavy atom. The summed E-state index contributed by atoms with van der Waals surface area (Å²) in [6.07, 6.45) is 0. The van der Waals surface area contributed by atoms with Crippen molar-refractivity contribution in [1.82, 2.24) is 10.2 Å². The minimum absolute atomic E-state index is 0.105. The molecule has 8 nitrogen and oxygen atoms in total. The molecule has 8 heteroatoms. The smallest absolute Gasteiger partial charge is 0.343 e. The Labute approximate surface area is 155 Å². The minimum atomic E-state index is -0.887. The molecule has 2 amide bonds. The number of hydrogen-bond donors (Lipinski definition) is 1. The van der Waals surface area contributed by atoms with Crippen molar-refractivity contribution in [2.75, 3.05) is 7.05 Å². The average Bonchev–Trinajstić information content (AvgIpc) is 2.66. The summed E-state index contributed by atoms with van der Waals surface area (Å²) >= 11 is 0. The van der Waals surface area contributed by atoms with Crippen LogP contribution in [0.1, 0.15) is 28.9 Å². The van der Waals surface area contributed by atoms with E-state index in [1.54, 1.807) is 42.5 Å². The molecular weight excluding hydrogens is 350 g/mol. The lowest BCUT2D eigenvalue weighted by molar-refractivity contribution is -0.433. The van der Waals surface area contributed by atoms with Gasteiger partial charge in [0.1, 0.15) is 11.8 Å². The second-order valence-corrected chi connectivity index (χ2v) is 5.99. The van der Waals surface area contributed by atoms with E-state index in [2.05, 4.69) is 5.32 Å². The molecule has 1 aliphatic heterocycles. The number of nitrogens with zero attached hydrogens (tertiary/aromatic N) is 2. The lowest BCUT2D eigenvalue weighted by Crippen LogP contribution is -2.45. The number of carbonyl (C=O) groups is 2. The van der Waals surface area contributed by atoms with Crippen LogP contribution >= 0.6 is 0 Å². The van der Waals surface area contributed by atoms with E-state index >= 15 is 0 Å². The molecule has 0 radical (unpaired) electrons. The zero-order valence-electron chi connectivity index (χ0n) is 14.7. The molecule has 2 aromatic rings. The molecule has 138 valence electrons. The second kappa shape index (κ2) is 7.28. The number of nitro groups is 1. The highest BCUT2D eigenvalue weighted by molar-refractivity contribution is 5.90. The van der Waals surface area contributed by atoms with Gasteiger partial charge in [-0.25, -0.2) is 9.59 Å². The molecule has 0 aromatic heterocycles. The molecule has 0 fully saturated rings. The Kier molecular flexibility index (Phi) is 4.89. The van der Waals surface area contributed by atoms with Gasteiger partial charge in [-0.05, 0) is 36.8 Å². The number of ether oxygens (including phenoxy) is 1. The van der Waals surface area contributed by atoms with E-state index in [0.29, 0.717) is 16.9 Å². The summed E-state index contributed by atoms with van der Waals surface area (Å²) in [5.74, 6) is -0.201. The third-order valence-corrected chi connectivity index (χ3v) is 4.35. The summed E-state index contributed by atoms with van der Waals surface area (Å²) in [5.41, 5.74) is 1.10. The number of urea groups is 1. The second-order valence-electron chi connectivity index (χ2n) is 5.99. The van der Waals surface area contributed by atoms with E-state index in [4.69, 9.17) is 4.74 Å². The van der Waals surface area contributed by atoms with Gasteiger partial charge in [-0.2, -0.15) is 0 Å². The van der Waals surface area contributed by atoms with E-state index in [1.165, 1.54) is 31.0 Å². The van der Waals surface area contributed by atoms with Crippen molar-refractivity contribution in [3.8, 4) is 5.75 Å². The van der Waals surface area contributed by atoms with Crippen LogP contribution in [0.15, 0.2) is 66.0 Å². The summed E-state index contributed by atoms with van der Waals surface area (Å²) in [6, 6.07) is 13.5. The van der Waals surface area contributed by atoms with Gasteiger partial charge in [-0.15, -0.1) is 0 Å². The van der Waals surface area contributed by atoms with Gasteiger partial charge in [-0.1, -0.05) is 30.3 Å². The number of carbonyl (C=O) groups excluding carboxylic acids is 2. The number of hydrogen-bond acceptors (Lipinski definition) is 5. The predicted octanol–water partition coefficient (Wildman–Crippen LogP) is 3.11. The normalized spacial score (nSPS) is 16.7. The third kappa shape index (κ3) is 3.64. The van der Waals surface area contributed by atoms with Crippen molar-refractivity contribution < 1.29 is 19.2 Å². The summed E-state index contributed by atoms with van der Waals surface area (Å²) in [4.78, 5) is 36.3. The van der Waals surface area contributed by atoms with E-state index in [0.717, 1.165) is 0 Å². The topological polar surface area (TPSA) is 102 Å². The molecule has 1 heterocycles. The fourth-order valence-corrected chi connectivity index (χ4v) is 2.77. The van der Waals surface area contributed by atoms with Gasteiger partial charge in [0.25, 0.3) is 5.70 Å². The van der Waals surface area contributed by atoms with Crippen LogP contribution in [-0.4, -0.2) is 28.9 Å². The Balaban J connectivity index is 1.83. The molecule has 1 aliphatic rings. The molecule has 0 spiro atoms. The molecule has 1 atom stereocenters. The predicted molar refractivity (Wildman–Crippen MR) is 96.6 cm³/mol. The molecule has 2 aromatic carbocycles. The summed E-state index contributed by atoms with van der Waals surface area (Å²) in [7, 11) is 1.47. The number of rotatable bonds is 4. The van der Waals surface area contributed by atoms with Crippen molar-refractivity contribution in [1.29, 1.82) is 0 Å².